The van der Waals surface area contributed by atoms with Crippen LogP contribution in [0.3, 0.4) is 0 Å². The van der Waals surface area contributed by atoms with Crippen LogP contribution in [0.2, 0.25) is 0 Å². The van der Waals surface area contributed by atoms with Crippen LogP contribution in [-0.2, 0) is 0 Å². The topological polar surface area (TPSA) is 3.24 Å². The van der Waals surface area contributed by atoms with Crippen molar-refractivity contribution in [1.29, 1.82) is 0 Å². The highest BCUT2D eigenvalue weighted by Crippen LogP contribution is 2.25. The molecule has 0 bridgehead atoms. The van der Waals surface area contributed by atoms with Gasteiger partial charge in [0.05, 0.1) is 0 Å². The molecule has 0 N–H and O–H groups in total. The summed E-state index contributed by atoms with van der Waals surface area (Å²) in [6.45, 7) is 1.07. The Morgan fingerprint density at radius 3 is 1.74 bits per heavy atom. The van der Waals surface area contributed by atoms with Gasteiger partial charge in [-0.2, -0.15) is 0 Å². The van der Waals surface area contributed by atoms with Gasteiger partial charge in [0.15, 0.2) is 0 Å². The Morgan fingerprint density at radius 1 is 0.826 bits per heavy atom. The molecule has 2 aromatic carbocycles. The van der Waals surface area contributed by atoms with E-state index >= 15 is 0 Å². The monoisotopic (exact) mass is 315 g/mol. The first-order chi connectivity index (χ1) is 11.1. The Balaban J connectivity index is 2.17. The highest BCUT2D eigenvalue weighted by atomic mass is 19.1. The summed E-state index contributed by atoms with van der Waals surface area (Å²) >= 11 is 0. The van der Waals surface area contributed by atoms with Crippen LogP contribution < -0.4 is 0 Å². The summed E-state index contributed by atoms with van der Waals surface area (Å²) in [5, 5.41) is 0. The zero-order valence-electron chi connectivity index (χ0n) is 13.7. The van der Waals surface area contributed by atoms with E-state index < -0.39 is 0 Å². The number of hydrogen-bond donors (Lipinski definition) is 0. The summed E-state index contributed by atoms with van der Waals surface area (Å²) in [4.78, 5) is 2.17. The lowest BCUT2D eigenvalue weighted by atomic mass is 9.96. The molecule has 0 aromatic heterocycles. The third-order valence-electron chi connectivity index (χ3n) is 3.72. The molecule has 0 aliphatic carbocycles. The molecule has 0 fully saturated rings. The zero-order valence-corrected chi connectivity index (χ0v) is 13.7. The molecule has 3 heteroatoms. The first-order valence-electron chi connectivity index (χ1n) is 7.93. The second kappa shape index (κ2) is 8.59. The number of nitrogens with zero attached hydrogens (tertiary/aromatic N) is 1. The molecule has 1 nitrogen and oxygen atoms in total. The molecule has 0 atom stereocenters. The van der Waals surface area contributed by atoms with E-state index in [1.165, 1.54) is 24.3 Å². The van der Waals surface area contributed by atoms with Gasteiger partial charge in [0, 0.05) is 0 Å². The largest absolute Gasteiger partial charge is 0.309 e. The fraction of sp³-hybridized carbons (Fsp3) is 0.300. The predicted octanol–water partition coefficient (Wildman–Crippen LogP) is 5.13. The van der Waals surface area contributed by atoms with Crippen molar-refractivity contribution in [2.75, 3.05) is 20.6 Å². The molecule has 23 heavy (non-hydrogen) atoms. The van der Waals surface area contributed by atoms with Crippen LogP contribution >= 0.6 is 0 Å². The molecular formula is C20H23F2N. The van der Waals surface area contributed by atoms with E-state index in [0.29, 0.717) is 0 Å². The van der Waals surface area contributed by atoms with E-state index in [-0.39, 0.29) is 11.6 Å². The third kappa shape index (κ3) is 5.61. The van der Waals surface area contributed by atoms with Gasteiger partial charge in [0.25, 0.3) is 0 Å². The minimum atomic E-state index is -0.252. The maximum Gasteiger partial charge on any atom is 0.123 e. The van der Waals surface area contributed by atoms with E-state index in [0.717, 1.165) is 42.5 Å². The fourth-order valence-corrected chi connectivity index (χ4v) is 2.48. The van der Waals surface area contributed by atoms with Gasteiger partial charge in [-0.3, -0.25) is 0 Å². The summed E-state index contributed by atoms with van der Waals surface area (Å²) in [6.07, 6.45) is 5.32. The lowest BCUT2D eigenvalue weighted by Gasteiger charge is -2.10. The highest BCUT2D eigenvalue weighted by Gasteiger charge is 2.06. The maximum atomic E-state index is 13.2. The van der Waals surface area contributed by atoms with Crippen molar-refractivity contribution in [2.24, 2.45) is 0 Å². The van der Waals surface area contributed by atoms with Crippen LogP contribution in [0.25, 0.3) is 5.57 Å². The fourth-order valence-electron chi connectivity index (χ4n) is 2.48. The van der Waals surface area contributed by atoms with E-state index in [1.807, 2.05) is 0 Å². The van der Waals surface area contributed by atoms with Crippen LogP contribution in [0.4, 0.5) is 8.78 Å². The van der Waals surface area contributed by atoms with E-state index in [4.69, 9.17) is 0 Å². The van der Waals surface area contributed by atoms with Gasteiger partial charge in [-0.15, -0.1) is 0 Å². The van der Waals surface area contributed by atoms with Crippen molar-refractivity contribution in [3.8, 4) is 0 Å². The summed E-state index contributed by atoms with van der Waals surface area (Å²) in [5.41, 5.74) is 2.92. The summed E-state index contributed by atoms with van der Waals surface area (Å²) in [7, 11) is 4.14. The standard InChI is InChI=1S/C20H23F2N/c1-23(2)15-5-3-4-6-20(16-7-11-18(21)12-8-16)17-9-13-19(22)14-10-17/h6-14H,3-5,15H2,1-2H3. The maximum absolute atomic E-state index is 13.2. The average molecular weight is 315 g/mol. The lowest BCUT2D eigenvalue weighted by Crippen LogP contribution is -2.12. The van der Waals surface area contributed by atoms with E-state index in [9.17, 15) is 8.78 Å². The molecule has 0 saturated heterocycles. The van der Waals surface area contributed by atoms with Crippen molar-refractivity contribution >= 4 is 5.57 Å². The third-order valence-corrected chi connectivity index (χ3v) is 3.72. The molecule has 0 heterocycles. The van der Waals surface area contributed by atoms with Crippen molar-refractivity contribution in [1.82, 2.24) is 4.90 Å². The Labute approximate surface area is 137 Å². The molecule has 0 radical (unpaired) electrons. The minimum absolute atomic E-state index is 0.252. The average Bonchev–Trinajstić information content (AvgIpc) is 2.53. The Hall–Kier alpha value is -2.00. The summed E-state index contributed by atoms with van der Waals surface area (Å²) in [5.74, 6) is -0.503. The summed E-state index contributed by atoms with van der Waals surface area (Å²) < 4.78 is 26.3. The number of rotatable bonds is 7. The van der Waals surface area contributed by atoms with Crippen molar-refractivity contribution in [3.05, 3.63) is 77.4 Å². The predicted molar refractivity (Wildman–Crippen MR) is 92.3 cm³/mol. The molecule has 122 valence electrons. The number of hydrogen-bond acceptors (Lipinski definition) is 1. The highest BCUT2D eigenvalue weighted by molar-refractivity contribution is 5.79. The summed E-state index contributed by atoms with van der Waals surface area (Å²) in [6, 6.07) is 12.9. The number of unbranched alkanes of at least 4 members (excludes halogenated alkanes) is 2. The van der Waals surface area contributed by atoms with E-state index in [2.05, 4.69) is 25.1 Å². The van der Waals surface area contributed by atoms with Crippen LogP contribution in [-0.4, -0.2) is 25.5 Å². The zero-order chi connectivity index (χ0) is 16.7. The molecule has 0 saturated carbocycles. The van der Waals surface area contributed by atoms with Gasteiger partial charge < -0.3 is 4.90 Å². The van der Waals surface area contributed by atoms with Crippen LogP contribution in [0.15, 0.2) is 54.6 Å². The quantitative estimate of drug-likeness (QED) is 0.640. The van der Waals surface area contributed by atoms with Crippen LogP contribution in [0, 0.1) is 11.6 Å². The van der Waals surface area contributed by atoms with Crippen LogP contribution in [0.1, 0.15) is 30.4 Å². The Kier molecular flexibility index (Phi) is 6.48. The van der Waals surface area contributed by atoms with Gasteiger partial charge in [-0.1, -0.05) is 30.3 Å². The second-order valence-corrected chi connectivity index (χ2v) is 5.93. The van der Waals surface area contributed by atoms with Gasteiger partial charge in [0.1, 0.15) is 11.6 Å². The second-order valence-electron chi connectivity index (χ2n) is 5.93. The minimum Gasteiger partial charge on any atom is -0.309 e. The number of allylic oxidation sites excluding steroid dienone is 1. The molecular weight excluding hydrogens is 292 g/mol. The first kappa shape index (κ1) is 17.4. The van der Waals surface area contributed by atoms with Gasteiger partial charge in [-0.05, 0) is 80.9 Å². The molecule has 2 rings (SSSR count). The van der Waals surface area contributed by atoms with Crippen molar-refractivity contribution in [2.45, 2.75) is 19.3 Å². The Morgan fingerprint density at radius 2 is 1.30 bits per heavy atom. The molecule has 0 aliphatic heterocycles. The molecule has 0 spiro atoms. The molecule has 2 aromatic rings. The molecule has 0 aliphatic rings. The first-order valence-corrected chi connectivity index (χ1v) is 7.93. The normalized spacial score (nSPS) is 10.8. The number of benzene rings is 2. The van der Waals surface area contributed by atoms with Crippen LogP contribution in [0.5, 0.6) is 0 Å². The molecule has 0 unspecified atom stereocenters. The smallest absolute Gasteiger partial charge is 0.123 e. The van der Waals surface area contributed by atoms with Gasteiger partial charge in [-0.25, -0.2) is 8.78 Å². The van der Waals surface area contributed by atoms with Crippen molar-refractivity contribution < 1.29 is 8.78 Å². The lowest BCUT2D eigenvalue weighted by molar-refractivity contribution is 0.395. The molecule has 0 amide bonds. The SMILES string of the molecule is CN(C)CCCCC=C(c1ccc(F)cc1)c1ccc(F)cc1. The van der Waals surface area contributed by atoms with Gasteiger partial charge >= 0.3 is 0 Å². The number of halogens is 2. The van der Waals surface area contributed by atoms with Gasteiger partial charge in [0.2, 0.25) is 0 Å². The van der Waals surface area contributed by atoms with Crippen molar-refractivity contribution in [3.63, 3.8) is 0 Å². The Bertz CT molecular complexity index is 580. The van der Waals surface area contributed by atoms with E-state index in [1.54, 1.807) is 24.3 Å².